The fourth-order valence-electron chi connectivity index (χ4n) is 3.54. The van der Waals surface area contributed by atoms with Gasteiger partial charge in [0.05, 0.1) is 16.7 Å². The summed E-state index contributed by atoms with van der Waals surface area (Å²) in [6.45, 7) is 6.43. The van der Waals surface area contributed by atoms with Crippen molar-refractivity contribution in [1.82, 2.24) is 20.2 Å². The lowest BCUT2D eigenvalue weighted by atomic mass is 10.0. The van der Waals surface area contributed by atoms with Crippen LogP contribution in [0.3, 0.4) is 0 Å². The number of thiazole rings is 1. The van der Waals surface area contributed by atoms with E-state index in [-0.39, 0.29) is 36.8 Å². The molecule has 1 saturated heterocycles. The highest BCUT2D eigenvalue weighted by atomic mass is 35.5. The second kappa shape index (κ2) is 10.3. The summed E-state index contributed by atoms with van der Waals surface area (Å²) in [6.07, 6.45) is 2.89. The number of aromatic nitrogens is 2. The highest BCUT2D eigenvalue weighted by Crippen LogP contribution is 2.27. The van der Waals surface area contributed by atoms with Crippen molar-refractivity contribution in [1.29, 1.82) is 0 Å². The molecule has 0 bridgehead atoms. The molecule has 29 heavy (non-hydrogen) atoms. The van der Waals surface area contributed by atoms with E-state index in [1.165, 1.54) is 11.1 Å². The quantitative estimate of drug-likeness (QED) is 0.605. The van der Waals surface area contributed by atoms with Crippen molar-refractivity contribution in [2.45, 2.75) is 26.3 Å². The molecule has 8 heteroatoms. The molecule has 0 aliphatic carbocycles. The van der Waals surface area contributed by atoms with E-state index in [0.717, 1.165) is 35.8 Å². The fourth-order valence-corrected chi connectivity index (χ4v) is 4.16. The number of nitrogens with one attached hydrogen (secondary N) is 2. The Morgan fingerprint density at radius 1 is 1.28 bits per heavy atom. The van der Waals surface area contributed by atoms with Gasteiger partial charge in [-0.25, -0.2) is 4.98 Å². The van der Waals surface area contributed by atoms with Crippen LogP contribution in [-0.2, 0) is 6.42 Å². The first kappa shape index (κ1) is 23.4. The zero-order valence-electron chi connectivity index (χ0n) is 16.5. The molecule has 0 saturated carbocycles. The SMILES string of the molecule is CCc1ccc(C2CNCCN2C(=O)c2cc(-c3csc(C)n3)c[nH]2)cc1.Cl.Cl. The van der Waals surface area contributed by atoms with E-state index in [9.17, 15) is 4.79 Å². The molecule has 3 aromatic rings. The average Bonchev–Trinajstić information content (AvgIpc) is 3.36. The zero-order valence-corrected chi connectivity index (χ0v) is 18.9. The third kappa shape index (κ3) is 5.01. The van der Waals surface area contributed by atoms with Gasteiger partial charge in [-0.1, -0.05) is 31.2 Å². The van der Waals surface area contributed by atoms with Crippen LogP contribution in [-0.4, -0.2) is 40.4 Å². The van der Waals surface area contributed by atoms with Crippen LogP contribution >= 0.6 is 36.2 Å². The smallest absolute Gasteiger partial charge is 0.270 e. The Balaban J connectivity index is 0.00000150. The van der Waals surface area contributed by atoms with Gasteiger partial charge in [-0.2, -0.15) is 0 Å². The number of aryl methyl sites for hydroxylation is 2. The molecule has 1 unspecified atom stereocenters. The summed E-state index contributed by atoms with van der Waals surface area (Å²) in [7, 11) is 0. The fraction of sp³-hybridized carbons (Fsp3) is 0.333. The van der Waals surface area contributed by atoms with Gasteiger partial charge in [0.1, 0.15) is 5.69 Å². The Hall–Kier alpha value is -1.86. The van der Waals surface area contributed by atoms with E-state index in [2.05, 4.69) is 46.5 Å². The molecule has 1 amide bonds. The van der Waals surface area contributed by atoms with Crippen molar-refractivity contribution in [3.8, 4) is 11.3 Å². The lowest BCUT2D eigenvalue weighted by molar-refractivity contribution is 0.0629. The van der Waals surface area contributed by atoms with E-state index in [1.54, 1.807) is 11.3 Å². The first-order valence-electron chi connectivity index (χ1n) is 9.37. The van der Waals surface area contributed by atoms with Crippen molar-refractivity contribution in [3.05, 3.63) is 63.7 Å². The number of halogens is 2. The first-order valence-corrected chi connectivity index (χ1v) is 10.2. The minimum atomic E-state index is 0. The molecule has 1 aliphatic rings. The number of rotatable bonds is 4. The van der Waals surface area contributed by atoms with Crippen LogP contribution in [0.4, 0.5) is 0 Å². The van der Waals surface area contributed by atoms with Crippen LogP contribution in [0.2, 0.25) is 0 Å². The molecule has 2 aromatic heterocycles. The van der Waals surface area contributed by atoms with Crippen molar-refractivity contribution >= 4 is 42.1 Å². The largest absolute Gasteiger partial charge is 0.357 e. The van der Waals surface area contributed by atoms with Gasteiger partial charge >= 0.3 is 0 Å². The number of benzene rings is 1. The van der Waals surface area contributed by atoms with Crippen LogP contribution < -0.4 is 5.32 Å². The van der Waals surface area contributed by atoms with Crippen LogP contribution in [0.1, 0.15) is 39.6 Å². The standard InChI is InChI=1S/C21H24N4OS.2ClH/c1-3-15-4-6-16(7-5-15)20-12-22-8-9-25(20)21(26)18-10-17(11-23-18)19-13-27-14(2)24-19;;/h4-7,10-11,13,20,22-23H,3,8-9,12H2,1-2H3;2*1H. The molecule has 0 spiro atoms. The summed E-state index contributed by atoms with van der Waals surface area (Å²) in [6, 6.07) is 10.6. The lowest BCUT2D eigenvalue weighted by Crippen LogP contribution is -2.48. The molecule has 156 valence electrons. The molecule has 5 nitrogen and oxygen atoms in total. The Morgan fingerprint density at radius 2 is 2.03 bits per heavy atom. The van der Waals surface area contributed by atoms with Gasteiger partial charge in [0, 0.05) is 36.8 Å². The number of nitrogens with zero attached hydrogens (tertiary/aromatic N) is 2. The summed E-state index contributed by atoms with van der Waals surface area (Å²) < 4.78 is 0. The van der Waals surface area contributed by atoms with Gasteiger partial charge in [-0.05, 0) is 30.5 Å². The number of piperazine rings is 1. The van der Waals surface area contributed by atoms with Crippen molar-refractivity contribution in [2.24, 2.45) is 0 Å². The molecule has 4 rings (SSSR count). The maximum Gasteiger partial charge on any atom is 0.270 e. The normalized spacial score (nSPS) is 16.1. The zero-order chi connectivity index (χ0) is 18.8. The Bertz CT molecular complexity index is 938. The number of hydrogen-bond acceptors (Lipinski definition) is 4. The number of carbonyl (C=O) groups excluding carboxylic acids is 1. The molecule has 0 radical (unpaired) electrons. The van der Waals surface area contributed by atoms with Gasteiger partial charge in [0.2, 0.25) is 0 Å². The molecule has 2 N–H and O–H groups in total. The summed E-state index contributed by atoms with van der Waals surface area (Å²) in [5.74, 6) is 0.0410. The number of hydrogen-bond donors (Lipinski definition) is 2. The van der Waals surface area contributed by atoms with E-state index in [0.29, 0.717) is 12.2 Å². The summed E-state index contributed by atoms with van der Waals surface area (Å²) in [4.78, 5) is 22.8. The van der Waals surface area contributed by atoms with Crippen LogP contribution in [0.15, 0.2) is 41.9 Å². The monoisotopic (exact) mass is 452 g/mol. The molecular formula is C21H26Cl2N4OS. The second-order valence-corrected chi connectivity index (χ2v) is 7.93. The summed E-state index contributed by atoms with van der Waals surface area (Å²) in [5.41, 5.74) is 4.98. The molecular weight excluding hydrogens is 427 g/mol. The molecule has 1 aromatic carbocycles. The molecule has 1 fully saturated rings. The number of carbonyl (C=O) groups is 1. The maximum atomic E-state index is 13.2. The first-order chi connectivity index (χ1) is 13.2. The predicted molar refractivity (Wildman–Crippen MR) is 124 cm³/mol. The highest BCUT2D eigenvalue weighted by molar-refractivity contribution is 7.09. The number of aromatic amines is 1. The summed E-state index contributed by atoms with van der Waals surface area (Å²) in [5, 5.41) is 6.47. The van der Waals surface area contributed by atoms with Crippen molar-refractivity contribution in [2.75, 3.05) is 19.6 Å². The van der Waals surface area contributed by atoms with Gasteiger partial charge < -0.3 is 15.2 Å². The summed E-state index contributed by atoms with van der Waals surface area (Å²) >= 11 is 1.62. The van der Waals surface area contributed by atoms with Crippen LogP contribution in [0, 0.1) is 6.92 Å². The van der Waals surface area contributed by atoms with E-state index in [4.69, 9.17) is 0 Å². The van der Waals surface area contributed by atoms with Gasteiger partial charge in [-0.3, -0.25) is 4.79 Å². The van der Waals surface area contributed by atoms with Crippen molar-refractivity contribution in [3.63, 3.8) is 0 Å². The number of amides is 1. The van der Waals surface area contributed by atoms with E-state index < -0.39 is 0 Å². The van der Waals surface area contributed by atoms with Crippen molar-refractivity contribution < 1.29 is 4.79 Å². The minimum absolute atomic E-state index is 0. The Labute approximate surface area is 187 Å². The third-order valence-corrected chi connectivity index (χ3v) is 5.88. The molecule has 1 atom stereocenters. The third-order valence-electron chi connectivity index (χ3n) is 5.11. The Morgan fingerprint density at radius 3 is 2.69 bits per heavy atom. The lowest BCUT2D eigenvalue weighted by Gasteiger charge is -2.36. The van der Waals surface area contributed by atoms with Gasteiger partial charge in [-0.15, -0.1) is 36.2 Å². The second-order valence-electron chi connectivity index (χ2n) is 6.87. The average molecular weight is 453 g/mol. The van der Waals surface area contributed by atoms with Gasteiger partial charge in [0.25, 0.3) is 5.91 Å². The van der Waals surface area contributed by atoms with Crippen LogP contribution in [0.5, 0.6) is 0 Å². The van der Waals surface area contributed by atoms with E-state index in [1.807, 2.05) is 29.5 Å². The highest BCUT2D eigenvalue weighted by Gasteiger charge is 2.29. The maximum absolute atomic E-state index is 13.2. The molecule has 3 heterocycles. The minimum Gasteiger partial charge on any atom is -0.357 e. The van der Waals surface area contributed by atoms with Crippen LogP contribution in [0.25, 0.3) is 11.3 Å². The van der Waals surface area contributed by atoms with Gasteiger partial charge in [0.15, 0.2) is 0 Å². The number of H-pyrrole nitrogens is 1. The Kier molecular flexibility index (Phi) is 8.28. The topological polar surface area (TPSA) is 61.0 Å². The van der Waals surface area contributed by atoms with E-state index >= 15 is 0 Å². The predicted octanol–water partition coefficient (Wildman–Crippen LogP) is 4.64. The molecule has 1 aliphatic heterocycles.